The van der Waals surface area contributed by atoms with E-state index in [2.05, 4.69) is 0 Å². The van der Waals surface area contributed by atoms with Gasteiger partial charge in [-0.25, -0.2) is 0 Å². The quantitative estimate of drug-likeness (QED) is 0.250. The van der Waals surface area contributed by atoms with Crippen molar-refractivity contribution in [1.29, 1.82) is 0 Å². The van der Waals surface area contributed by atoms with Crippen LogP contribution in [-0.4, -0.2) is 109 Å². The fraction of sp³-hybridized carbons (Fsp3) is 1.00. The molecule has 8 N–H and O–H groups in total. The first-order valence-corrected chi connectivity index (χ1v) is 6.96. The van der Waals surface area contributed by atoms with Gasteiger partial charge in [0.1, 0.15) is 42.7 Å². The lowest BCUT2D eigenvalue weighted by molar-refractivity contribution is -0.327. The van der Waals surface area contributed by atoms with Crippen molar-refractivity contribution < 1.29 is 50.3 Å². The normalized spacial score (nSPS) is 53.5. The molecular formula is C12H22O10. The molecule has 22 heavy (non-hydrogen) atoms. The van der Waals surface area contributed by atoms with E-state index in [0.29, 0.717) is 0 Å². The van der Waals surface area contributed by atoms with E-state index in [1.165, 1.54) is 0 Å². The van der Waals surface area contributed by atoms with E-state index in [1.54, 1.807) is 0 Å². The Morgan fingerprint density at radius 2 is 1.36 bits per heavy atom. The summed E-state index contributed by atoms with van der Waals surface area (Å²) in [5.74, 6) is 0. The topological polar surface area (TPSA) is 180 Å². The van der Waals surface area contributed by atoms with Gasteiger partial charge >= 0.3 is 0 Å². The van der Waals surface area contributed by atoms with Crippen LogP contribution >= 0.6 is 0 Å². The zero-order valence-corrected chi connectivity index (χ0v) is 11.6. The van der Waals surface area contributed by atoms with Gasteiger partial charge in [-0.1, -0.05) is 0 Å². The second-order valence-corrected chi connectivity index (χ2v) is 5.65. The van der Waals surface area contributed by atoms with Gasteiger partial charge in [0.2, 0.25) is 0 Å². The minimum Gasteiger partial charge on any atom is -0.394 e. The predicted octanol–water partition coefficient (Wildman–Crippen LogP) is -4.98. The van der Waals surface area contributed by atoms with Gasteiger partial charge < -0.3 is 50.3 Å². The lowest BCUT2D eigenvalue weighted by atomic mass is 9.87. The Labute approximate surface area is 125 Å². The van der Waals surface area contributed by atoms with E-state index in [9.17, 15) is 35.7 Å². The van der Waals surface area contributed by atoms with E-state index in [4.69, 9.17) is 14.6 Å². The summed E-state index contributed by atoms with van der Waals surface area (Å²) < 4.78 is 10.4. The molecule has 10 atom stereocenters. The third-order valence-corrected chi connectivity index (χ3v) is 4.11. The molecule has 2 aliphatic rings. The molecule has 10 nitrogen and oxygen atoms in total. The summed E-state index contributed by atoms with van der Waals surface area (Å²) in [6, 6.07) is 0. The van der Waals surface area contributed by atoms with Crippen LogP contribution in [0.2, 0.25) is 0 Å². The van der Waals surface area contributed by atoms with E-state index in [-0.39, 0.29) is 6.42 Å². The maximum atomic E-state index is 9.84. The van der Waals surface area contributed by atoms with Crippen LogP contribution in [0.4, 0.5) is 0 Å². The van der Waals surface area contributed by atoms with Crippen LogP contribution in [0.5, 0.6) is 0 Å². The van der Waals surface area contributed by atoms with Crippen molar-refractivity contribution >= 4 is 0 Å². The average molecular weight is 326 g/mol. The standard InChI is InChI=1S/C12H22O10/c13-2-5-8(17)10(19)11(20)12(22-5)21-4-1-3(14)6(15)9(18)7(4)16/h3-20H,1-2H2/t3-,4+,5-,6-,7+,8-,9+,10+,11-,12-/m1/s1. The van der Waals surface area contributed by atoms with Gasteiger partial charge in [-0.3, -0.25) is 0 Å². The Morgan fingerprint density at radius 1 is 0.773 bits per heavy atom. The summed E-state index contributed by atoms with van der Waals surface area (Å²) in [5, 5.41) is 76.6. The summed E-state index contributed by atoms with van der Waals surface area (Å²) in [6.07, 6.45) is -15.0. The molecule has 1 saturated carbocycles. The molecule has 1 aliphatic heterocycles. The Bertz CT molecular complexity index is 366. The molecular weight excluding hydrogens is 304 g/mol. The highest BCUT2D eigenvalue weighted by molar-refractivity contribution is 4.95. The smallest absolute Gasteiger partial charge is 0.187 e. The number of aliphatic hydroxyl groups excluding tert-OH is 8. The number of rotatable bonds is 3. The summed E-state index contributed by atoms with van der Waals surface area (Å²) in [4.78, 5) is 0. The highest BCUT2D eigenvalue weighted by Crippen LogP contribution is 2.28. The van der Waals surface area contributed by atoms with E-state index < -0.39 is 67.8 Å². The van der Waals surface area contributed by atoms with Gasteiger partial charge in [-0.15, -0.1) is 0 Å². The second kappa shape index (κ2) is 7.01. The van der Waals surface area contributed by atoms with E-state index >= 15 is 0 Å². The van der Waals surface area contributed by atoms with E-state index in [1.807, 2.05) is 0 Å². The number of ether oxygens (including phenoxy) is 2. The molecule has 0 amide bonds. The molecule has 0 radical (unpaired) electrons. The fourth-order valence-corrected chi connectivity index (χ4v) is 2.65. The van der Waals surface area contributed by atoms with Crippen LogP contribution in [0, 0.1) is 0 Å². The average Bonchev–Trinajstić information content (AvgIpc) is 2.50. The molecule has 0 spiro atoms. The second-order valence-electron chi connectivity index (χ2n) is 5.65. The number of hydrogen-bond acceptors (Lipinski definition) is 10. The lowest BCUT2D eigenvalue weighted by Crippen LogP contribution is -2.62. The molecule has 2 rings (SSSR count). The van der Waals surface area contributed by atoms with Crippen LogP contribution in [0.3, 0.4) is 0 Å². The minimum absolute atomic E-state index is 0.242. The van der Waals surface area contributed by atoms with Crippen molar-refractivity contribution in [2.75, 3.05) is 6.61 Å². The van der Waals surface area contributed by atoms with Crippen molar-refractivity contribution in [3.63, 3.8) is 0 Å². The molecule has 10 heteroatoms. The molecule has 0 aromatic heterocycles. The maximum absolute atomic E-state index is 9.84. The molecule has 1 aliphatic carbocycles. The molecule has 0 bridgehead atoms. The highest BCUT2D eigenvalue weighted by atomic mass is 16.7. The SMILES string of the molecule is OC[C@H]1O[C@@H](O[C@H]2C[C@@H](O)[C@@H](O)[C@H](O)[C@H]2O)[C@H](O)[C@@H](O)[C@@H]1O. The van der Waals surface area contributed by atoms with Crippen molar-refractivity contribution in [3.8, 4) is 0 Å². The lowest BCUT2D eigenvalue weighted by Gasteiger charge is -2.44. The van der Waals surface area contributed by atoms with Crippen molar-refractivity contribution in [3.05, 3.63) is 0 Å². The Morgan fingerprint density at radius 3 is 1.95 bits per heavy atom. The van der Waals surface area contributed by atoms with Crippen LogP contribution in [0.1, 0.15) is 6.42 Å². The van der Waals surface area contributed by atoms with Crippen molar-refractivity contribution in [2.45, 2.75) is 67.6 Å². The van der Waals surface area contributed by atoms with Gasteiger partial charge in [0.25, 0.3) is 0 Å². The third kappa shape index (κ3) is 3.26. The molecule has 130 valence electrons. The summed E-state index contributed by atoms with van der Waals surface area (Å²) in [6.45, 7) is -0.637. The minimum atomic E-state index is -1.66. The highest BCUT2D eigenvalue weighted by Gasteiger charge is 2.48. The largest absolute Gasteiger partial charge is 0.394 e. The van der Waals surface area contributed by atoms with Crippen LogP contribution in [-0.2, 0) is 9.47 Å². The van der Waals surface area contributed by atoms with Gasteiger partial charge in [0.05, 0.1) is 18.8 Å². The molecule has 1 saturated heterocycles. The fourth-order valence-electron chi connectivity index (χ4n) is 2.65. The van der Waals surface area contributed by atoms with Gasteiger partial charge in [0.15, 0.2) is 6.29 Å². The van der Waals surface area contributed by atoms with Crippen LogP contribution in [0.15, 0.2) is 0 Å². The summed E-state index contributed by atoms with van der Waals surface area (Å²) in [5.41, 5.74) is 0. The summed E-state index contributed by atoms with van der Waals surface area (Å²) >= 11 is 0. The third-order valence-electron chi connectivity index (χ3n) is 4.11. The van der Waals surface area contributed by atoms with Crippen molar-refractivity contribution in [2.24, 2.45) is 0 Å². The zero-order chi connectivity index (χ0) is 16.6. The van der Waals surface area contributed by atoms with E-state index in [0.717, 1.165) is 0 Å². The molecule has 0 aromatic carbocycles. The van der Waals surface area contributed by atoms with Crippen LogP contribution < -0.4 is 0 Å². The molecule has 0 aromatic rings. The Kier molecular flexibility index (Phi) is 5.72. The number of hydrogen-bond donors (Lipinski definition) is 8. The zero-order valence-electron chi connectivity index (χ0n) is 11.6. The monoisotopic (exact) mass is 326 g/mol. The van der Waals surface area contributed by atoms with Gasteiger partial charge in [0, 0.05) is 6.42 Å². The Hall–Kier alpha value is -0.400. The molecule has 0 unspecified atom stereocenters. The number of aliphatic hydroxyl groups is 8. The predicted molar refractivity (Wildman–Crippen MR) is 67.3 cm³/mol. The first-order valence-electron chi connectivity index (χ1n) is 6.96. The molecule has 2 fully saturated rings. The van der Waals surface area contributed by atoms with Crippen molar-refractivity contribution in [1.82, 2.24) is 0 Å². The van der Waals surface area contributed by atoms with Crippen LogP contribution in [0.25, 0.3) is 0 Å². The molecule has 1 heterocycles. The first-order chi connectivity index (χ1) is 10.3. The maximum Gasteiger partial charge on any atom is 0.187 e. The van der Waals surface area contributed by atoms with Gasteiger partial charge in [-0.05, 0) is 0 Å². The first kappa shape index (κ1) is 17.9. The van der Waals surface area contributed by atoms with Gasteiger partial charge in [-0.2, -0.15) is 0 Å². The summed E-state index contributed by atoms with van der Waals surface area (Å²) in [7, 11) is 0. The Balaban J connectivity index is 2.05.